The smallest absolute Gasteiger partial charge is 0.0569 e. The van der Waals surface area contributed by atoms with Gasteiger partial charge in [0, 0.05) is 13.7 Å². The molecule has 0 bridgehead atoms. The van der Waals surface area contributed by atoms with Crippen LogP contribution in [0.15, 0.2) is 0 Å². The Hall–Kier alpha value is -0.0800. The van der Waals surface area contributed by atoms with Crippen LogP contribution in [-0.2, 0) is 4.74 Å². The summed E-state index contributed by atoms with van der Waals surface area (Å²) in [4.78, 5) is 0. The van der Waals surface area contributed by atoms with Gasteiger partial charge in [-0.2, -0.15) is 0 Å². The van der Waals surface area contributed by atoms with Crippen molar-refractivity contribution in [1.29, 1.82) is 0 Å². The van der Waals surface area contributed by atoms with Gasteiger partial charge in [0.05, 0.1) is 6.10 Å². The van der Waals surface area contributed by atoms with E-state index in [1.165, 1.54) is 25.7 Å². The lowest BCUT2D eigenvalue weighted by Crippen LogP contribution is -2.30. The first-order valence-electron chi connectivity index (χ1n) is 5.95. The van der Waals surface area contributed by atoms with E-state index in [4.69, 9.17) is 4.74 Å². The molecular weight excluding hydrogens is 176 g/mol. The Kier molecular flexibility index (Phi) is 5.49. The summed E-state index contributed by atoms with van der Waals surface area (Å²) < 4.78 is 5.08. The van der Waals surface area contributed by atoms with Crippen molar-refractivity contribution in [3.05, 3.63) is 0 Å². The Morgan fingerprint density at radius 3 is 2.71 bits per heavy atom. The SMILES string of the molecule is CCCC1CCC(O)C(CCOC)C1. The highest BCUT2D eigenvalue weighted by Gasteiger charge is 2.28. The molecule has 0 aromatic carbocycles. The molecule has 1 saturated carbocycles. The summed E-state index contributed by atoms with van der Waals surface area (Å²) in [6.07, 6.45) is 6.99. The molecule has 0 aliphatic heterocycles. The molecule has 1 aliphatic carbocycles. The molecule has 0 aromatic rings. The maximum atomic E-state index is 9.83. The first kappa shape index (κ1) is 12.0. The largest absolute Gasteiger partial charge is 0.393 e. The number of aliphatic hydroxyl groups excluding tert-OH is 1. The van der Waals surface area contributed by atoms with Crippen LogP contribution in [0.3, 0.4) is 0 Å². The van der Waals surface area contributed by atoms with Gasteiger partial charge in [0.1, 0.15) is 0 Å². The zero-order valence-corrected chi connectivity index (χ0v) is 9.54. The van der Waals surface area contributed by atoms with E-state index in [0.717, 1.165) is 25.4 Å². The Morgan fingerprint density at radius 2 is 2.07 bits per heavy atom. The predicted octanol–water partition coefficient (Wildman–Crippen LogP) is 2.60. The van der Waals surface area contributed by atoms with E-state index in [1.807, 2.05) is 0 Å². The fourth-order valence-electron chi connectivity index (χ4n) is 2.60. The summed E-state index contributed by atoms with van der Waals surface area (Å²) >= 11 is 0. The van der Waals surface area contributed by atoms with Crippen molar-refractivity contribution in [2.24, 2.45) is 11.8 Å². The van der Waals surface area contributed by atoms with Crippen LogP contribution in [0.5, 0.6) is 0 Å². The van der Waals surface area contributed by atoms with Gasteiger partial charge >= 0.3 is 0 Å². The zero-order valence-electron chi connectivity index (χ0n) is 9.54. The van der Waals surface area contributed by atoms with Crippen molar-refractivity contribution < 1.29 is 9.84 Å². The lowest BCUT2D eigenvalue weighted by molar-refractivity contribution is 0.0283. The molecule has 1 rings (SSSR count). The third-order valence-corrected chi connectivity index (χ3v) is 3.44. The van der Waals surface area contributed by atoms with E-state index < -0.39 is 0 Å². The number of methoxy groups -OCH3 is 1. The monoisotopic (exact) mass is 200 g/mol. The van der Waals surface area contributed by atoms with Crippen LogP contribution in [0.4, 0.5) is 0 Å². The molecule has 1 fully saturated rings. The number of hydrogen-bond acceptors (Lipinski definition) is 2. The molecule has 0 saturated heterocycles. The molecule has 1 N–H and O–H groups in total. The van der Waals surface area contributed by atoms with E-state index in [9.17, 15) is 5.11 Å². The number of aliphatic hydroxyl groups is 1. The summed E-state index contributed by atoms with van der Waals surface area (Å²) in [5.41, 5.74) is 0. The molecule has 1 aliphatic rings. The molecule has 84 valence electrons. The fraction of sp³-hybridized carbons (Fsp3) is 1.00. The van der Waals surface area contributed by atoms with E-state index in [0.29, 0.717) is 5.92 Å². The van der Waals surface area contributed by atoms with Gasteiger partial charge in [-0.1, -0.05) is 19.8 Å². The van der Waals surface area contributed by atoms with E-state index in [2.05, 4.69) is 6.92 Å². The Balaban J connectivity index is 2.30. The lowest BCUT2D eigenvalue weighted by Gasteiger charge is -2.33. The average Bonchev–Trinajstić information content (AvgIpc) is 2.19. The minimum atomic E-state index is -0.0711. The highest BCUT2D eigenvalue weighted by Crippen LogP contribution is 2.33. The second kappa shape index (κ2) is 6.41. The van der Waals surface area contributed by atoms with Crippen LogP contribution in [0.25, 0.3) is 0 Å². The molecule has 0 spiro atoms. The van der Waals surface area contributed by atoms with E-state index in [1.54, 1.807) is 7.11 Å². The minimum Gasteiger partial charge on any atom is -0.393 e. The Labute approximate surface area is 87.7 Å². The highest BCUT2D eigenvalue weighted by atomic mass is 16.5. The van der Waals surface area contributed by atoms with Gasteiger partial charge < -0.3 is 9.84 Å². The number of rotatable bonds is 5. The number of ether oxygens (including phenoxy) is 1. The van der Waals surface area contributed by atoms with E-state index in [-0.39, 0.29) is 6.10 Å². The molecule has 0 amide bonds. The first-order chi connectivity index (χ1) is 6.77. The normalized spacial score (nSPS) is 33.2. The third kappa shape index (κ3) is 3.58. The lowest BCUT2D eigenvalue weighted by atomic mass is 9.76. The fourth-order valence-corrected chi connectivity index (χ4v) is 2.60. The molecule has 0 aromatic heterocycles. The van der Waals surface area contributed by atoms with Crippen LogP contribution >= 0.6 is 0 Å². The minimum absolute atomic E-state index is 0.0711. The predicted molar refractivity (Wildman–Crippen MR) is 58.2 cm³/mol. The maximum absolute atomic E-state index is 9.83. The van der Waals surface area contributed by atoms with Crippen molar-refractivity contribution >= 4 is 0 Å². The van der Waals surface area contributed by atoms with E-state index >= 15 is 0 Å². The van der Waals surface area contributed by atoms with Gasteiger partial charge in [-0.3, -0.25) is 0 Å². The molecule has 2 nitrogen and oxygen atoms in total. The average molecular weight is 200 g/mol. The molecule has 2 heteroatoms. The molecule has 0 heterocycles. The van der Waals surface area contributed by atoms with Crippen molar-refractivity contribution in [3.63, 3.8) is 0 Å². The van der Waals surface area contributed by atoms with Gasteiger partial charge in [-0.25, -0.2) is 0 Å². The summed E-state index contributed by atoms with van der Waals surface area (Å²) in [7, 11) is 1.73. The highest BCUT2D eigenvalue weighted by molar-refractivity contribution is 4.79. The molecule has 3 atom stereocenters. The van der Waals surface area contributed by atoms with Crippen molar-refractivity contribution in [2.45, 2.75) is 51.6 Å². The van der Waals surface area contributed by atoms with Crippen molar-refractivity contribution in [2.75, 3.05) is 13.7 Å². The second-order valence-corrected chi connectivity index (χ2v) is 4.58. The Morgan fingerprint density at radius 1 is 1.29 bits per heavy atom. The topological polar surface area (TPSA) is 29.5 Å². The van der Waals surface area contributed by atoms with Gasteiger partial charge in [-0.05, 0) is 37.5 Å². The maximum Gasteiger partial charge on any atom is 0.0569 e. The first-order valence-corrected chi connectivity index (χ1v) is 5.95. The van der Waals surface area contributed by atoms with Gasteiger partial charge in [0.15, 0.2) is 0 Å². The van der Waals surface area contributed by atoms with Crippen molar-refractivity contribution in [1.82, 2.24) is 0 Å². The summed E-state index contributed by atoms with van der Waals surface area (Å²) in [5, 5.41) is 9.83. The van der Waals surface area contributed by atoms with Crippen LogP contribution in [0.2, 0.25) is 0 Å². The van der Waals surface area contributed by atoms with Crippen LogP contribution in [-0.4, -0.2) is 24.9 Å². The molecule has 0 radical (unpaired) electrons. The zero-order chi connectivity index (χ0) is 10.4. The summed E-state index contributed by atoms with van der Waals surface area (Å²) in [6, 6.07) is 0. The van der Waals surface area contributed by atoms with Crippen LogP contribution in [0.1, 0.15) is 45.4 Å². The van der Waals surface area contributed by atoms with Crippen molar-refractivity contribution in [3.8, 4) is 0 Å². The molecule has 14 heavy (non-hydrogen) atoms. The number of hydrogen-bond donors (Lipinski definition) is 1. The van der Waals surface area contributed by atoms with Crippen LogP contribution in [0, 0.1) is 11.8 Å². The van der Waals surface area contributed by atoms with Gasteiger partial charge in [0.2, 0.25) is 0 Å². The molecule has 3 unspecified atom stereocenters. The summed E-state index contributed by atoms with van der Waals surface area (Å²) in [6.45, 7) is 3.04. The van der Waals surface area contributed by atoms with Crippen LogP contribution < -0.4 is 0 Å². The second-order valence-electron chi connectivity index (χ2n) is 4.58. The van der Waals surface area contributed by atoms with Gasteiger partial charge in [-0.15, -0.1) is 0 Å². The quantitative estimate of drug-likeness (QED) is 0.739. The van der Waals surface area contributed by atoms with Gasteiger partial charge in [0.25, 0.3) is 0 Å². The summed E-state index contributed by atoms with van der Waals surface area (Å²) in [5.74, 6) is 1.34. The standard InChI is InChI=1S/C12H24O2/c1-3-4-10-5-6-12(13)11(9-10)7-8-14-2/h10-13H,3-9H2,1-2H3. The molecular formula is C12H24O2. The third-order valence-electron chi connectivity index (χ3n) is 3.44. The Bertz CT molecular complexity index is 147.